The third kappa shape index (κ3) is 3.61. The van der Waals surface area contributed by atoms with E-state index in [4.69, 9.17) is 0 Å². The monoisotopic (exact) mass is 293 g/mol. The van der Waals surface area contributed by atoms with Gasteiger partial charge in [-0.2, -0.15) is 13.2 Å². The molecule has 1 heterocycles. The minimum atomic E-state index is -5.30. The highest BCUT2D eigenvalue weighted by molar-refractivity contribution is 5.47. The number of alkyl halides is 7. The lowest BCUT2D eigenvalue weighted by Crippen LogP contribution is -2.21. The van der Waals surface area contributed by atoms with Crippen LogP contribution in [0.15, 0.2) is 6.20 Å². The van der Waals surface area contributed by atoms with Gasteiger partial charge in [-0.25, -0.2) is 9.37 Å². The number of ether oxygens (including phenoxy) is 2. The van der Waals surface area contributed by atoms with Crippen LogP contribution in [0.3, 0.4) is 0 Å². The van der Waals surface area contributed by atoms with Gasteiger partial charge in [-0.15, -0.1) is 13.2 Å². The molecule has 1 aromatic heterocycles. The van der Waals surface area contributed by atoms with Gasteiger partial charge in [0.1, 0.15) is 6.67 Å². The Bertz CT molecular complexity index is 455. The zero-order chi connectivity index (χ0) is 14.8. The highest BCUT2D eigenvalue weighted by Gasteiger charge is 2.40. The van der Waals surface area contributed by atoms with Gasteiger partial charge in [0.25, 0.3) is 5.88 Å². The third-order valence-corrected chi connectivity index (χ3v) is 1.95. The molecular formula is C9H6F7NO2. The topological polar surface area (TPSA) is 31.4 Å². The lowest BCUT2D eigenvalue weighted by molar-refractivity contribution is -0.275. The lowest BCUT2D eigenvalue weighted by Gasteiger charge is -2.18. The molecule has 0 aromatic carbocycles. The summed E-state index contributed by atoms with van der Waals surface area (Å²) in [7, 11) is 0.862. The standard InChI is InChI=1S/C9H6F7NO2/c1-18-7-6(19-9(14,15)16)4(2-10)5(3-17-7)8(11,12)13/h3H,2H2,1H3. The van der Waals surface area contributed by atoms with Crippen LogP contribution < -0.4 is 9.47 Å². The summed E-state index contributed by atoms with van der Waals surface area (Å²) >= 11 is 0. The Morgan fingerprint density at radius 1 is 1.16 bits per heavy atom. The molecule has 0 fully saturated rings. The highest BCUT2D eigenvalue weighted by Crippen LogP contribution is 2.41. The van der Waals surface area contributed by atoms with Crippen molar-refractivity contribution in [3.8, 4) is 11.6 Å². The van der Waals surface area contributed by atoms with Crippen LogP contribution in [0.2, 0.25) is 0 Å². The van der Waals surface area contributed by atoms with E-state index in [1.54, 1.807) is 0 Å². The van der Waals surface area contributed by atoms with E-state index in [2.05, 4.69) is 14.5 Å². The molecule has 3 nitrogen and oxygen atoms in total. The van der Waals surface area contributed by atoms with Gasteiger partial charge < -0.3 is 9.47 Å². The summed E-state index contributed by atoms with van der Waals surface area (Å²) < 4.78 is 94.1. The molecule has 19 heavy (non-hydrogen) atoms. The highest BCUT2D eigenvalue weighted by atomic mass is 19.4. The number of halogens is 7. The largest absolute Gasteiger partial charge is 0.573 e. The van der Waals surface area contributed by atoms with E-state index in [9.17, 15) is 30.7 Å². The van der Waals surface area contributed by atoms with Crippen molar-refractivity contribution in [3.63, 3.8) is 0 Å². The fourth-order valence-corrected chi connectivity index (χ4v) is 1.25. The van der Waals surface area contributed by atoms with Crippen molar-refractivity contribution < 1.29 is 40.2 Å². The predicted octanol–water partition coefficient (Wildman–Crippen LogP) is 3.48. The first-order chi connectivity index (χ1) is 8.60. The average Bonchev–Trinajstić information content (AvgIpc) is 2.25. The molecule has 1 rings (SSSR count). The van der Waals surface area contributed by atoms with E-state index in [0.29, 0.717) is 0 Å². The number of pyridine rings is 1. The van der Waals surface area contributed by atoms with Crippen molar-refractivity contribution in [1.29, 1.82) is 0 Å². The van der Waals surface area contributed by atoms with Gasteiger partial charge in [0.05, 0.1) is 12.7 Å². The summed E-state index contributed by atoms with van der Waals surface area (Å²) in [5, 5.41) is 0. The van der Waals surface area contributed by atoms with Gasteiger partial charge in [0.15, 0.2) is 5.75 Å². The van der Waals surface area contributed by atoms with Gasteiger partial charge in [-0.05, 0) is 0 Å². The van der Waals surface area contributed by atoms with Gasteiger partial charge in [-0.1, -0.05) is 0 Å². The molecule has 0 aliphatic heterocycles. The summed E-state index contributed by atoms with van der Waals surface area (Å²) in [6, 6.07) is 0. The first-order valence-electron chi connectivity index (χ1n) is 4.55. The molecule has 0 amide bonds. The van der Waals surface area contributed by atoms with Crippen molar-refractivity contribution in [1.82, 2.24) is 4.98 Å². The molecular weight excluding hydrogens is 287 g/mol. The van der Waals surface area contributed by atoms with Crippen LogP contribution in [0.5, 0.6) is 11.6 Å². The molecule has 1 aromatic rings. The summed E-state index contributed by atoms with van der Waals surface area (Å²) in [6.07, 6.45) is -10.2. The van der Waals surface area contributed by atoms with Crippen molar-refractivity contribution in [2.24, 2.45) is 0 Å². The molecule has 0 saturated carbocycles. The Morgan fingerprint density at radius 2 is 1.74 bits per heavy atom. The van der Waals surface area contributed by atoms with Crippen LogP contribution in [0.4, 0.5) is 30.7 Å². The molecule has 0 unspecified atom stereocenters. The second kappa shape index (κ2) is 5.10. The zero-order valence-corrected chi connectivity index (χ0v) is 9.19. The third-order valence-electron chi connectivity index (χ3n) is 1.95. The molecule has 0 aliphatic rings. The maximum absolute atomic E-state index is 12.6. The van der Waals surface area contributed by atoms with Crippen LogP contribution in [0.25, 0.3) is 0 Å². The van der Waals surface area contributed by atoms with Crippen molar-refractivity contribution in [3.05, 3.63) is 17.3 Å². The molecule has 0 atom stereocenters. The van der Waals surface area contributed by atoms with E-state index in [0.717, 1.165) is 7.11 Å². The normalized spacial score (nSPS) is 12.4. The van der Waals surface area contributed by atoms with Gasteiger partial charge in [-0.3, -0.25) is 0 Å². The van der Waals surface area contributed by atoms with E-state index >= 15 is 0 Å². The Labute approximate surface area is 101 Å². The number of nitrogens with zero attached hydrogens (tertiary/aromatic N) is 1. The number of methoxy groups -OCH3 is 1. The number of aromatic nitrogens is 1. The summed E-state index contributed by atoms with van der Waals surface area (Å²) in [4.78, 5) is 3.02. The van der Waals surface area contributed by atoms with Crippen LogP contribution in [-0.2, 0) is 12.9 Å². The Hall–Kier alpha value is -1.74. The van der Waals surface area contributed by atoms with E-state index in [1.165, 1.54) is 0 Å². The van der Waals surface area contributed by atoms with Crippen molar-refractivity contribution in [2.75, 3.05) is 7.11 Å². The number of hydrogen-bond donors (Lipinski definition) is 0. The van der Waals surface area contributed by atoms with Crippen molar-refractivity contribution in [2.45, 2.75) is 19.2 Å². The summed E-state index contributed by atoms with van der Waals surface area (Å²) in [6.45, 7) is -1.82. The van der Waals surface area contributed by atoms with Crippen molar-refractivity contribution >= 4 is 0 Å². The quantitative estimate of drug-likeness (QED) is 0.800. The second-order valence-corrected chi connectivity index (χ2v) is 3.17. The Balaban J connectivity index is 3.46. The zero-order valence-electron chi connectivity index (χ0n) is 9.19. The summed E-state index contributed by atoms with van der Waals surface area (Å²) in [5.74, 6) is -2.33. The van der Waals surface area contributed by atoms with Crippen LogP contribution in [0, 0.1) is 0 Å². The minimum absolute atomic E-state index is 0.178. The van der Waals surface area contributed by atoms with E-state index in [1.807, 2.05) is 0 Å². The number of rotatable bonds is 3. The Kier molecular flexibility index (Phi) is 4.11. The smallest absolute Gasteiger partial charge is 0.478 e. The maximum Gasteiger partial charge on any atom is 0.573 e. The van der Waals surface area contributed by atoms with Gasteiger partial charge in [0.2, 0.25) is 0 Å². The van der Waals surface area contributed by atoms with Gasteiger partial charge >= 0.3 is 12.5 Å². The van der Waals surface area contributed by atoms with Crippen LogP contribution in [-0.4, -0.2) is 18.5 Å². The summed E-state index contributed by atoms with van der Waals surface area (Å²) in [5.41, 5.74) is -2.98. The number of hydrogen-bond acceptors (Lipinski definition) is 3. The molecule has 0 bridgehead atoms. The predicted molar refractivity (Wildman–Crippen MR) is 47.3 cm³/mol. The molecule has 10 heteroatoms. The lowest BCUT2D eigenvalue weighted by atomic mass is 10.1. The maximum atomic E-state index is 12.6. The fourth-order valence-electron chi connectivity index (χ4n) is 1.25. The molecule has 108 valence electrons. The van der Waals surface area contributed by atoms with E-state index < -0.39 is 42.0 Å². The van der Waals surface area contributed by atoms with E-state index in [-0.39, 0.29) is 6.20 Å². The van der Waals surface area contributed by atoms with Crippen LogP contribution in [0.1, 0.15) is 11.1 Å². The first kappa shape index (κ1) is 15.3. The van der Waals surface area contributed by atoms with Gasteiger partial charge in [0, 0.05) is 11.8 Å². The second-order valence-electron chi connectivity index (χ2n) is 3.17. The Morgan fingerprint density at radius 3 is 2.11 bits per heavy atom. The first-order valence-corrected chi connectivity index (χ1v) is 4.55. The SMILES string of the molecule is COc1ncc(C(F)(F)F)c(CF)c1OC(F)(F)F. The molecule has 0 aliphatic carbocycles. The molecule has 0 radical (unpaired) electrons. The molecule has 0 spiro atoms. The average molecular weight is 293 g/mol. The minimum Gasteiger partial charge on any atom is -0.478 e. The van der Waals surface area contributed by atoms with Crippen LogP contribution >= 0.6 is 0 Å². The molecule has 0 N–H and O–H groups in total. The molecule has 0 saturated heterocycles. The fraction of sp³-hybridized carbons (Fsp3) is 0.444.